The predicted molar refractivity (Wildman–Crippen MR) is 130 cm³/mol. The molecule has 7 heteroatoms. The van der Waals surface area contributed by atoms with Gasteiger partial charge in [-0.1, -0.05) is 29.8 Å². The third-order valence-electron chi connectivity index (χ3n) is 6.68. The number of rotatable bonds is 7. The highest BCUT2D eigenvalue weighted by atomic mass is 35.5. The van der Waals surface area contributed by atoms with Crippen LogP contribution in [0.5, 0.6) is 0 Å². The molecular formula is C26H30ClN3O3. The molecule has 33 heavy (non-hydrogen) atoms. The number of piperidine rings is 1. The van der Waals surface area contributed by atoms with E-state index in [0.717, 1.165) is 49.2 Å². The summed E-state index contributed by atoms with van der Waals surface area (Å²) >= 11 is 6.04. The molecule has 1 aliphatic rings. The minimum Gasteiger partial charge on any atom is -0.469 e. The monoisotopic (exact) mass is 467 g/mol. The lowest BCUT2D eigenvalue weighted by atomic mass is 9.80. The predicted octanol–water partition coefficient (Wildman–Crippen LogP) is 4.26. The van der Waals surface area contributed by atoms with Gasteiger partial charge in [-0.3, -0.25) is 14.0 Å². The molecule has 2 aromatic heterocycles. The topological polar surface area (TPSA) is 63.9 Å². The normalized spacial score (nSPS) is 19.0. The van der Waals surface area contributed by atoms with Crippen LogP contribution in [0.3, 0.4) is 0 Å². The molecule has 1 aromatic carbocycles. The third kappa shape index (κ3) is 5.28. The fourth-order valence-electron chi connectivity index (χ4n) is 4.88. The van der Waals surface area contributed by atoms with E-state index in [0.29, 0.717) is 23.6 Å². The maximum atomic E-state index is 12.8. The summed E-state index contributed by atoms with van der Waals surface area (Å²) in [4.78, 5) is 32.3. The number of fused-ring (bicyclic) bond motifs is 1. The van der Waals surface area contributed by atoms with Gasteiger partial charge in [0.25, 0.3) is 5.56 Å². The number of carbonyl (C=O) groups excluding carboxylic acids is 1. The smallest absolute Gasteiger partial charge is 0.310 e. The van der Waals surface area contributed by atoms with Crippen molar-refractivity contribution >= 4 is 23.2 Å². The van der Waals surface area contributed by atoms with Crippen LogP contribution >= 0.6 is 11.6 Å². The molecule has 2 atom stereocenters. The molecule has 0 aliphatic carbocycles. The van der Waals surface area contributed by atoms with Crippen LogP contribution in [0.1, 0.15) is 42.0 Å². The number of aryl methyl sites for hydroxylation is 1. The fourth-order valence-corrected chi connectivity index (χ4v) is 5.01. The summed E-state index contributed by atoms with van der Waals surface area (Å²) in [7, 11) is 1.46. The van der Waals surface area contributed by atoms with E-state index >= 15 is 0 Å². The quantitative estimate of drug-likeness (QED) is 0.384. The Labute approximate surface area is 199 Å². The molecule has 3 heterocycles. The van der Waals surface area contributed by atoms with Crippen molar-refractivity contribution < 1.29 is 9.53 Å². The molecule has 1 fully saturated rings. The minimum absolute atomic E-state index is 0.0210. The van der Waals surface area contributed by atoms with Gasteiger partial charge < -0.3 is 9.64 Å². The van der Waals surface area contributed by atoms with Gasteiger partial charge in [0.1, 0.15) is 5.65 Å². The van der Waals surface area contributed by atoms with E-state index in [9.17, 15) is 9.59 Å². The van der Waals surface area contributed by atoms with Crippen molar-refractivity contribution in [2.24, 2.45) is 5.92 Å². The molecule has 0 N–H and O–H groups in total. The number of ether oxygens (including phenoxy) is 1. The summed E-state index contributed by atoms with van der Waals surface area (Å²) in [6.45, 7) is 4.41. The Morgan fingerprint density at radius 3 is 2.73 bits per heavy atom. The van der Waals surface area contributed by atoms with E-state index in [1.165, 1.54) is 7.11 Å². The Morgan fingerprint density at radius 1 is 1.18 bits per heavy atom. The van der Waals surface area contributed by atoms with Crippen LogP contribution in [0.2, 0.25) is 5.02 Å². The van der Waals surface area contributed by atoms with Crippen molar-refractivity contribution in [3.05, 3.63) is 80.9 Å². The van der Waals surface area contributed by atoms with Crippen LogP contribution in [0.15, 0.2) is 53.5 Å². The molecule has 1 aliphatic heterocycles. The summed E-state index contributed by atoms with van der Waals surface area (Å²) in [6, 6.07) is 13.4. The Hall–Kier alpha value is -2.70. The van der Waals surface area contributed by atoms with Gasteiger partial charge in [-0.05, 0) is 81.4 Å². The molecule has 0 spiro atoms. The summed E-state index contributed by atoms with van der Waals surface area (Å²) in [6.07, 6.45) is 5.23. The second-order valence-electron chi connectivity index (χ2n) is 8.74. The molecular weight excluding hydrogens is 438 g/mol. The van der Waals surface area contributed by atoms with Gasteiger partial charge in [0.05, 0.1) is 13.0 Å². The average Bonchev–Trinajstić information content (AvgIpc) is 2.83. The van der Waals surface area contributed by atoms with Crippen molar-refractivity contribution in [3.8, 4) is 0 Å². The number of halogens is 1. The van der Waals surface area contributed by atoms with Gasteiger partial charge >= 0.3 is 5.97 Å². The number of unbranched alkanes of at least 4 members (excludes halogenated alkanes) is 1. The molecule has 0 bridgehead atoms. The average molecular weight is 468 g/mol. The Balaban J connectivity index is 1.36. The molecule has 0 saturated carbocycles. The molecule has 0 radical (unpaired) electrons. The van der Waals surface area contributed by atoms with Gasteiger partial charge in [-0.25, -0.2) is 4.98 Å². The first-order chi connectivity index (χ1) is 16.0. The van der Waals surface area contributed by atoms with Crippen molar-refractivity contribution in [2.75, 3.05) is 26.7 Å². The zero-order valence-electron chi connectivity index (χ0n) is 19.2. The van der Waals surface area contributed by atoms with Crippen molar-refractivity contribution in [2.45, 2.75) is 38.5 Å². The Kier molecular flexibility index (Phi) is 7.46. The zero-order chi connectivity index (χ0) is 23.4. The molecule has 1 saturated heterocycles. The van der Waals surface area contributed by atoms with Crippen molar-refractivity contribution in [1.29, 1.82) is 0 Å². The van der Waals surface area contributed by atoms with E-state index in [4.69, 9.17) is 16.3 Å². The second kappa shape index (κ2) is 10.5. The lowest BCUT2D eigenvalue weighted by molar-refractivity contribution is -0.148. The van der Waals surface area contributed by atoms with Crippen LogP contribution in [0.4, 0.5) is 0 Å². The minimum atomic E-state index is -0.193. The van der Waals surface area contributed by atoms with E-state index in [2.05, 4.69) is 9.88 Å². The van der Waals surface area contributed by atoms with Gasteiger partial charge in [0.15, 0.2) is 0 Å². The number of esters is 1. The standard InChI is InChI=1S/C26H30ClN3O3/c1-18-21(25(31)30-15-6-4-8-24(30)28-18)7-3-5-14-29-16-13-22(23(17-29)26(32)33-2)19-9-11-20(27)12-10-19/h4,6,8-12,15,22-23H,3,5,7,13-14,16-17H2,1-2H3. The number of hydrogen-bond donors (Lipinski definition) is 0. The summed E-state index contributed by atoms with van der Waals surface area (Å²) in [5.41, 5.74) is 3.43. The summed E-state index contributed by atoms with van der Waals surface area (Å²) in [5.74, 6) is -0.218. The maximum Gasteiger partial charge on any atom is 0.310 e. The van der Waals surface area contributed by atoms with E-state index in [1.807, 2.05) is 49.4 Å². The van der Waals surface area contributed by atoms with Gasteiger partial charge in [-0.15, -0.1) is 0 Å². The van der Waals surface area contributed by atoms with Crippen molar-refractivity contribution in [1.82, 2.24) is 14.3 Å². The SMILES string of the molecule is COC(=O)C1CN(CCCCc2c(C)nc3ccccn3c2=O)CCC1c1ccc(Cl)cc1. The first kappa shape index (κ1) is 23.5. The van der Waals surface area contributed by atoms with Crippen LogP contribution in [-0.2, 0) is 16.0 Å². The van der Waals surface area contributed by atoms with Gasteiger partial charge in [-0.2, -0.15) is 0 Å². The molecule has 4 rings (SSSR count). The molecule has 3 aromatic rings. The maximum absolute atomic E-state index is 12.8. The first-order valence-electron chi connectivity index (χ1n) is 11.5. The highest BCUT2D eigenvalue weighted by molar-refractivity contribution is 6.30. The van der Waals surface area contributed by atoms with Crippen molar-refractivity contribution in [3.63, 3.8) is 0 Å². The first-order valence-corrected chi connectivity index (χ1v) is 11.9. The molecule has 2 unspecified atom stereocenters. The summed E-state index contributed by atoms with van der Waals surface area (Å²) in [5, 5.41) is 0.697. The van der Waals surface area contributed by atoms with Crippen LogP contribution in [0.25, 0.3) is 5.65 Å². The van der Waals surface area contributed by atoms with E-state index < -0.39 is 0 Å². The Morgan fingerprint density at radius 2 is 1.97 bits per heavy atom. The number of aromatic nitrogens is 2. The molecule has 174 valence electrons. The Bertz CT molecular complexity index is 1180. The third-order valence-corrected chi connectivity index (χ3v) is 6.94. The van der Waals surface area contributed by atoms with Gasteiger partial charge in [0.2, 0.25) is 0 Å². The number of methoxy groups -OCH3 is 1. The second-order valence-corrected chi connectivity index (χ2v) is 9.18. The lowest BCUT2D eigenvalue weighted by Gasteiger charge is -2.37. The largest absolute Gasteiger partial charge is 0.469 e. The molecule has 6 nitrogen and oxygen atoms in total. The number of likely N-dealkylation sites (tertiary alicyclic amines) is 1. The van der Waals surface area contributed by atoms with Crippen LogP contribution in [-0.4, -0.2) is 47.0 Å². The van der Waals surface area contributed by atoms with E-state index in [1.54, 1.807) is 10.6 Å². The van der Waals surface area contributed by atoms with E-state index in [-0.39, 0.29) is 23.4 Å². The van der Waals surface area contributed by atoms with Gasteiger partial charge in [0, 0.05) is 29.0 Å². The summed E-state index contributed by atoms with van der Waals surface area (Å²) < 4.78 is 6.74. The number of hydrogen-bond acceptors (Lipinski definition) is 5. The highest BCUT2D eigenvalue weighted by Gasteiger charge is 2.35. The fraction of sp³-hybridized carbons (Fsp3) is 0.423. The zero-order valence-corrected chi connectivity index (χ0v) is 19.9. The number of pyridine rings is 1. The molecule has 0 amide bonds. The lowest BCUT2D eigenvalue weighted by Crippen LogP contribution is -2.43. The number of nitrogens with zero attached hydrogens (tertiary/aromatic N) is 3. The highest BCUT2D eigenvalue weighted by Crippen LogP contribution is 2.34. The van der Waals surface area contributed by atoms with Crippen LogP contribution < -0.4 is 5.56 Å². The van der Waals surface area contributed by atoms with Crippen LogP contribution in [0, 0.1) is 12.8 Å². The number of benzene rings is 1. The number of carbonyl (C=O) groups is 1.